The van der Waals surface area contributed by atoms with Crippen molar-refractivity contribution in [2.75, 3.05) is 0 Å². The Kier molecular flexibility index (Phi) is 6.39. The molecule has 0 saturated heterocycles. The van der Waals surface area contributed by atoms with E-state index in [4.69, 9.17) is 9.05 Å². The van der Waals surface area contributed by atoms with Crippen molar-refractivity contribution in [3.05, 3.63) is 64.7 Å². The predicted molar refractivity (Wildman–Crippen MR) is 68.4 cm³/mol. The fourth-order valence-corrected chi connectivity index (χ4v) is 2.18. The van der Waals surface area contributed by atoms with Crippen LogP contribution >= 0.6 is 7.82 Å². The van der Waals surface area contributed by atoms with Crippen LogP contribution in [0, 0.1) is 10.1 Å². The molecule has 0 N–H and O–H groups in total. The number of phosphoric ester groups is 1. The van der Waals surface area contributed by atoms with E-state index in [1.807, 2.05) is 0 Å². The molecule has 0 spiro atoms. The number of nitro benzene ring substituents is 1. The fourth-order valence-electron chi connectivity index (χ4n) is 1.39. The summed E-state index contributed by atoms with van der Waals surface area (Å²) in [5.41, 5.74) is -0.165. The van der Waals surface area contributed by atoms with Gasteiger partial charge in [-0.1, -0.05) is 18.2 Å². The number of nitro groups is 1. The SMILES string of the molecule is O=[N+]([O-])c1ccc(OP(=O)([O-])Oc2ccccc2)cc1.[Na+]. The summed E-state index contributed by atoms with van der Waals surface area (Å²) in [6, 6.07) is 12.5. The second kappa shape index (κ2) is 7.59. The van der Waals surface area contributed by atoms with Gasteiger partial charge < -0.3 is 13.9 Å². The topological polar surface area (TPSA) is 102 Å². The van der Waals surface area contributed by atoms with Gasteiger partial charge in [0.1, 0.15) is 11.5 Å². The van der Waals surface area contributed by atoms with Crippen molar-refractivity contribution >= 4 is 13.5 Å². The van der Waals surface area contributed by atoms with E-state index in [9.17, 15) is 19.6 Å². The van der Waals surface area contributed by atoms with Gasteiger partial charge in [0.25, 0.3) is 5.69 Å². The minimum absolute atomic E-state index is 0. The number of benzene rings is 2. The largest absolute Gasteiger partial charge is 1.00 e. The van der Waals surface area contributed by atoms with Crippen molar-refractivity contribution in [2.45, 2.75) is 0 Å². The summed E-state index contributed by atoms with van der Waals surface area (Å²) in [5, 5.41) is 10.5. The zero-order valence-electron chi connectivity index (χ0n) is 11.0. The molecular formula is C12H9NNaO6P. The van der Waals surface area contributed by atoms with E-state index in [-0.39, 0.29) is 46.7 Å². The van der Waals surface area contributed by atoms with Crippen molar-refractivity contribution in [3.8, 4) is 11.5 Å². The number of nitrogens with zero attached hydrogens (tertiary/aromatic N) is 1. The Bertz CT molecular complexity index is 649. The van der Waals surface area contributed by atoms with Gasteiger partial charge in [0.05, 0.1) is 4.92 Å². The molecule has 0 radical (unpaired) electrons. The van der Waals surface area contributed by atoms with Crippen molar-refractivity contribution in [1.29, 1.82) is 0 Å². The van der Waals surface area contributed by atoms with Crippen LogP contribution < -0.4 is 43.5 Å². The van der Waals surface area contributed by atoms with Gasteiger partial charge in [-0.25, -0.2) is 4.57 Å². The standard InChI is InChI=1S/C12H10NO6P.Na/c14-13(15)10-6-8-12(9-7-10)19-20(16,17)18-11-4-2-1-3-5-11;/h1-9H,(H,16,17);/q;+1/p-1. The van der Waals surface area contributed by atoms with E-state index in [0.29, 0.717) is 0 Å². The van der Waals surface area contributed by atoms with E-state index in [0.717, 1.165) is 12.1 Å². The molecule has 0 bridgehead atoms. The third-order valence-electron chi connectivity index (χ3n) is 2.23. The number of para-hydroxylation sites is 1. The summed E-state index contributed by atoms with van der Waals surface area (Å²) >= 11 is 0. The maximum Gasteiger partial charge on any atom is 1.00 e. The van der Waals surface area contributed by atoms with E-state index in [2.05, 4.69) is 0 Å². The minimum atomic E-state index is -4.60. The average molecular weight is 317 g/mol. The number of hydrogen-bond acceptors (Lipinski definition) is 6. The molecule has 2 aromatic rings. The first kappa shape index (κ1) is 17.7. The second-order valence-electron chi connectivity index (χ2n) is 3.69. The molecule has 0 aliphatic heterocycles. The molecule has 2 aromatic carbocycles. The van der Waals surface area contributed by atoms with Crippen LogP contribution in [0.5, 0.6) is 11.5 Å². The van der Waals surface area contributed by atoms with Gasteiger partial charge in [0.15, 0.2) is 0 Å². The first-order valence-electron chi connectivity index (χ1n) is 5.46. The summed E-state index contributed by atoms with van der Waals surface area (Å²) in [5.74, 6) is 0.0533. The summed E-state index contributed by atoms with van der Waals surface area (Å²) in [7, 11) is -4.60. The zero-order valence-corrected chi connectivity index (χ0v) is 13.9. The van der Waals surface area contributed by atoms with Crippen LogP contribution in [-0.2, 0) is 4.57 Å². The maximum absolute atomic E-state index is 11.6. The van der Waals surface area contributed by atoms with Crippen LogP contribution in [0.3, 0.4) is 0 Å². The predicted octanol–water partition coefficient (Wildman–Crippen LogP) is -0.475. The molecule has 1 atom stereocenters. The Hall–Kier alpha value is -1.37. The van der Waals surface area contributed by atoms with Gasteiger partial charge in [-0.05, 0) is 24.3 Å². The van der Waals surface area contributed by atoms with Crippen molar-refractivity contribution < 1.29 is 53.0 Å². The number of phosphoric acid groups is 1. The van der Waals surface area contributed by atoms with Crippen molar-refractivity contribution in [1.82, 2.24) is 0 Å². The summed E-state index contributed by atoms with van der Waals surface area (Å²) < 4.78 is 21.1. The minimum Gasteiger partial charge on any atom is -0.736 e. The van der Waals surface area contributed by atoms with E-state index < -0.39 is 12.7 Å². The molecule has 0 aromatic heterocycles. The third kappa shape index (κ3) is 5.49. The molecule has 0 saturated carbocycles. The normalized spacial score (nSPS) is 12.6. The fraction of sp³-hybridized carbons (Fsp3) is 0. The second-order valence-corrected chi connectivity index (χ2v) is 4.95. The van der Waals surface area contributed by atoms with Crippen LogP contribution in [0.15, 0.2) is 54.6 Å². The molecule has 0 aliphatic carbocycles. The summed E-state index contributed by atoms with van der Waals surface area (Å²) in [6.45, 7) is 0. The molecule has 21 heavy (non-hydrogen) atoms. The van der Waals surface area contributed by atoms with Gasteiger partial charge in [-0.2, -0.15) is 0 Å². The Morgan fingerprint density at radius 2 is 1.38 bits per heavy atom. The smallest absolute Gasteiger partial charge is 0.736 e. The monoisotopic (exact) mass is 317 g/mol. The van der Waals surface area contributed by atoms with E-state index >= 15 is 0 Å². The third-order valence-corrected chi connectivity index (χ3v) is 3.09. The summed E-state index contributed by atoms with van der Waals surface area (Å²) in [4.78, 5) is 21.5. The van der Waals surface area contributed by atoms with Crippen LogP contribution in [0.2, 0.25) is 0 Å². The zero-order chi connectivity index (χ0) is 14.6. The molecular weight excluding hydrogens is 308 g/mol. The quantitative estimate of drug-likeness (QED) is 0.320. The van der Waals surface area contributed by atoms with Crippen molar-refractivity contribution in [3.63, 3.8) is 0 Å². The number of hydrogen-bond donors (Lipinski definition) is 0. The Morgan fingerprint density at radius 1 is 0.905 bits per heavy atom. The molecule has 0 heterocycles. The number of non-ortho nitro benzene ring substituents is 1. The molecule has 0 aliphatic rings. The van der Waals surface area contributed by atoms with Gasteiger partial charge in [0, 0.05) is 12.1 Å². The van der Waals surface area contributed by atoms with Crippen molar-refractivity contribution in [2.24, 2.45) is 0 Å². The molecule has 9 heteroatoms. The number of rotatable bonds is 5. The molecule has 0 fully saturated rings. The maximum atomic E-state index is 11.6. The summed E-state index contributed by atoms with van der Waals surface area (Å²) in [6.07, 6.45) is 0. The molecule has 7 nitrogen and oxygen atoms in total. The van der Waals surface area contributed by atoms with Gasteiger partial charge in [0.2, 0.25) is 0 Å². The van der Waals surface area contributed by atoms with Crippen LogP contribution in [0.1, 0.15) is 0 Å². The first-order valence-corrected chi connectivity index (χ1v) is 6.92. The van der Waals surface area contributed by atoms with Crippen LogP contribution in [0.25, 0.3) is 0 Å². The molecule has 2 rings (SSSR count). The molecule has 1 unspecified atom stereocenters. The molecule has 0 amide bonds. The van der Waals surface area contributed by atoms with Gasteiger partial charge in [-0.3, -0.25) is 10.1 Å². The van der Waals surface area contributed by atoms with Crippen LogP contribution in [-0.4, -0.2) is 4.92 Å². The van der Waals surface area contributed by atoms with Crippen LogP contribution in [0.4, 0.5) is 5.69 Å². The Balaban J connectivity index is 0.00000220. The van der Waals surface area contributed by atoms with Gasteiger partial charge >= 0.3 is 37.4 Å². The molecule has 104 valence electrons. The average Bonchev–Trinajstić information content (AvgIpc) is 2.39. The Labute approximate surface area is 142 Å². The van der Waals surface area contributed by atoms with E-state index in [1.165, 1.54) is 24.3 Å². The first-order chi connectivity index (χ1) is 9.46. The Morgan fingerprint density at radius 3 is 1.86 bits per heavy atom. The van der Waals surface area contributed by atoms with E-state index in [1.54, 1.807) is 18.2 Å². The van der Waals surface area contributed by atoms with Gasteiger partial charge in [-0.15, -0.1) is 0 Å².